The lowest BCUT2D eigenvalue weighted by molar-refractivity contribution is 0.561. The predicted octanol–water partition coefficient (Wildman–Crippen LogP) is 4.29. The van der Waals surface area contributed by atoms with E-state index in [0.29, 0.717) is 16.2 Å². The highest BCUT2D eigenvalue weighted by molar-refractivity contribution is 6.40. The summed E-state index contributed by atoms with van der Waals surface area (Å²) in [4.78, 5) is 14.0. The quantitative estimate of drug-likeness (QED) is 0.518. The average molecular weight is 276 g/mol. The van der Waals surface area contributed by atoms with Gasteiger partial charge in [0.25, 0.3) is 0 Å². The number of hydrogen-bond acceptors (Lipinski definition) is 4. The van der Waals surface area contributed by atoms with Crippen LogP contribution in [0.1, 0.15) is 17.1 Å². The first-order chi connectivity index (χ1) is 9.11. The van der Waals surface area contributed by atoms with E-state index < -0.39 is 0 Å². The Labute approximate surface area is 113 Å². The Hall–Kier alpha value is -2.03. The van der Waals surface area contributed by atoms with Gasteiger partial charge in [-0.2, -0.15) is 0 Å². The van der Waals surface area contributed by atoms with Crippen LogP contribution in [0, 0.1) is 13.8 Å². The summed E-state index contributed by atoms with van der Waals surface area (Å²) in [6.45, 7) is 3.88. The summed E-state index contributed by atoms with van der Waals surface area (Å²) in [5.74, 6) is 1.50. The molecule has 0 aliphatic rings. The van der Waals surface area contributed by atoms with Gasteiger partial charge < -0.3 is 8.83 Å². The molecule has 2 aromatic heterocycles. The molecule has 0 N–H and O–H groups in total. The molecule has 0 radical (unpaired) electrons. The Bertz CT molecular complexity index is 780. The monoisotopic (exact) mass is 275 g/mol. The van der Waals surface area contributed by atoms with Crippen molar-refractivity contribution in [2.45, 2.75) is 20.4 Å². The molecule has 0 fully saturated rings. The van der Waals surface area contributed by atoms with Crippen LogP contribution >= 0.6 is 11.6 Å². The molecule has 0 saturated heterocycles. The number of nitrogens with zero attached hydrogens (tertiary/aromatic N) is 1. The number of isocyanates is 1. The van der Waals surface area contributed by atoms with Crippen LogP contribution in [-0.4, -0.2) is 6.08 Å². The fraction of sp³-hybridized carbons (Fsp3) is 0.214. The Kier molecular flexibility index (Phi) is 2.70. The molecule has 0 unspecified atom stereocenters. The summed E-state index contributed by atoms with van der Waals surface area (Å²) in [6.07, 6.45) is 1.54. The summed E-state index contributed by atoms with van der Waals surface area (Å²) in [7, 11) is 0. The first kappa shape index (κ1) is 12.0. The minimum atomic E-state index is 0.194. The fourth-order valence-corrected chi connectivity index (χ4v) is 2.60. The van der Waals surface area contributed by atoms with E-state index in [4.69, 9.17) is 20.4 Å². The molecule has 0 spiro atoms. The van der Waals surface area contributed by atoms with Gasteiger partial charge in [0.1, 0.15) is 17.1 Å². The van der Waals surface area contributed by atoms with E-state index >= 15 is 0 Å². The second kappa shape index (κ2) is 4.26. The number of hydrogen-bond donors (Lipinski definition) is 0. The lowest BCUT2D eigenvalue weighted by Gasteiger charge is -2.02. The maximum Gasteiger partial charge on any atom is 0.235 e. The highest BCUT2D eigenvalue weighted by Crippen LogP contribution is 2.39. The van der Waals surface area contributed by atoms with E-state index in [0.717, 1.165) is 27.9 Å². The summed E-state index contributed by atoms with van der Waals surface area (Å²) >= 11 is 6.35. The van der Waals surface area contributed by atoms with Crippen LogP contribution in [0.25, 0.3) is 21.9 Å². The standard InChI is InChI=1S/C14H10ClNO3/c1-7-3-9-11(5-16-6-17)13-10(4-8(2)18-13)12(15)14(9)19-7/h3-4H,5H2,1-2H3. The van der Waals surface area contributed by atoms with Crippen molar-refractivity contribution in [1.29, 1.82) is 0 Å². The Morgan fingerprint density at radius 2 is 1.79 bits per heavy atom. The van der Waals surface area contributed by atoms with E-state index in [1.54, 1.807) is 6.08 Å². The Morgan fingerprint density at radius 3 is 2.47 bits per heavy atom. The molecule has 96 valence electrons. The number of aliphatic imine (C=N–C) groups is 1. The van der Waals surface area contributed by atoms with Gasteiger partial charge in [0.15, 0.2) is 5.58 Å². The van der Waals surface area contributed by atoms with Gasteiger partial charge in [-0.25, -0.2) is 9.79 Å². The molecule has 0 saturated carbocycles. The average Bonchev–Trinajstić information content (AvgIpc) is 2.93. The lowest BCUT2D eigenvalue weighted by atomic mass is 10.1. The summed E-state index contributed by atoms with van der Waals surface area (Å²) in [6, 6.07) is 3.72. The molecule has 3 aromatic rings. The number of benzene rings is 1. The number of aryl methyl sites for hydroxylation is 2. The molecule has 0 atom stereocenters. The zero-order valence-electron chi connectivity index (χ0n) is 10.4. The van der Waals surface area contributed by atoms with Crippen molar-refractivity contribution in [2.75, 3.05) is 0 Å². The molecular weight excluding hydrogens is 266 g/mol. The zero-order chi connectivity index (χ0) is 13.6. The van der Waals surface area contributed by atoms with Gasteiger partial charge in [-0.3, -0.25) is 0 Å². The normalized spacial score (nSPS) is 11.1. The maximum absolute atomic E-state index is 10.4. The minimum absolute atomic E-state index is 0.194. The van der Waals surface area contributed by atoms with Crippen LogP contribution in [0.2, 0.25) is 5.02 Å². The number of rotatable bonds is 2. The van der Waals surface area contributed by atoms with Gasteiger partial charge in [0.2, 0.25) is 6.08 Å². The van der Waals surface area contributed by atoms with E-state index in [1.165, 1.54) is 0 Å². The molecule has 2 heterocycles. The van der Waals surface area contributed by atoms with Crippen LogP contribution < -0.4 is 0 Å². The fourth-order valence-electron chi connectivity index (χ4n) is 2.32. The second-order valence-electron chi connectivity index (χ2n) is 4.40. The molecule has 0 bridgehead atoms. The molecule has 0 aliphatic heterocycles. The third-order valence-electron chi connectivity index (χ3n) is 3.05. The second-order valence-corrected chi connectivity index (χ2v) is 4.78. The molecule has 3 rings (SSSR count). The van der Waals surface area contributed by atoms with Gasteiger partial charge in [-0.15, -0.1) is 0 Å². The smallest absolute Gasteiger partial charge is 0.235 e. The third-order valence-corrected chi connectivity index (χ3v) is 3.42. The highest BCUT2D eigenvalue weighted by Gasteiger charge is 2.19. The lowest BCUT2D eigenvalue weighted by Crippen LogP contribution is -1.85. The molecule has 0 amide bonds. The van der Waals surface area contributed by atoms with E-state index in [-0.39, 0.29) is 6.54 Å². The highest BCUT2D eigenvalue weighted by atomic mass is 35.5. The molecule has 0 aliphatic carbocycles. The van der Waals surface area contributed by atoms with E-state index in [2.05, 4.69) is 4.99 Å². The summed E-state index contributed by atoms with van der Waals surface area (Å²) in [5.41, 5.74) is 2.04. The predicted molar refractivity (Wildman–Crippen MR) is 72.3 cm³/mol. The Balaban J connectivity index is 2.50. The van der Waals surface area contributed by atoms with Crippen LogP contribution in [-0.2, 0) is 11.3 Å². The third kappa shape index (κ3) is 1.77. The van der Waals surface area contributed by atoms with E-state index in [1.807, 2.05) is 26.0 Å². The number of carbonyl (C=O) groups excluding carboxylic acids is 1. The summed E-state index contributed by atoms with van der Waals surface area (Å²) in [5, 5.41) is 2.12. The van der Waals surface area contributed by atoms with Crippen molar-refractivity contribution in [2.24, 2.45) is 4.99 Å². The zero-order valence-corrected chi connectivity index (χ0v) is 11.2. The number of halogens is 1. The van der Waals surface area contributed by atoms with Crippen LogP contribution in [0.4, 0.5) is 0 Å². The van der Waals surface area contributed by atoms with Gasteiger partial charge in [-0.1, -0.05) is 11.6 Å². The van der Waals surface area contributed by atoms with Crippen molar-refractivity contribution in [3.05, 3.63) is 34.2 Å². The first-order valence-corrected chi connectivity index (χ1v) is 6.14. The van der Waals surface area contributed by atoms with Crippen molar-refractivity contribution < 1.29 is 13.6 Å². The SMILES string of the molecule is Cc1cc2c(CN=C=O)c3oc(C)cc3c(Cl)c2o1. The van der Waals surface area contributed by atoms with Gasteiger partial charge in [0, 0.05) is 16.3 Å². The summed E-state index contributed by atoms with van der Waals surface area (Å²) < 4.78 is 11.3. The number of fused-ring (bicyclic) bond motifs is 2. The molecule has 4 nitrogen and oxygen atoms in total. The topological polar surface area (TPSA) is 55.7 Å². The number of furan rings is 2. The van der Waals surface area contributed by atoms with Gasteiger partial charge in [0.05, 0.1) is 11.6 Å². The molecular formula is C14H10ClNO3. The van der Waals surface area contributed by atoms with Gasteiger partial charge >= 0.3 is 0 Å². The van der Waals surface area contributed by atoms with Gasteiger partial charge in [-0.05, 0) is 26.0 Å². The molecule has 5 heteroatoms. The van der Waals surface area contributed by atoms with Crippen LogP contribution in [0.15, 0.2) is 26.0 Å². The molecule has 19 heavy (non-hydrogen) atoms. The minimum Gasteiger partial charge on any atom is -0.461 e. The van der Waals surface area contributed by atoms with Crippen molar-refractivity contribution in [3.8, 4) is 0 Å². The maximum atomic E-state index is 10.4. The Morgan fingerprint density at radius 1 is 1.16 bits per heavy atom. The van der Waals surface area contributed by atoms with E-state index in [9.17, 15) is 4.79 Å². The van der Waals surface area contributed by atoms with Crippen molar-refractivity contribution >= 4 is 39.6 Å². The van der Waals surface area contributed by atoms with Crippen LogP contribution in [0.5, 0.6) is 0 Å². The van der Waals surface area contributed by atoms with Crippen LogP contribution in [0.3, 0.4) is 0 Å². The largest absolute Gasteiger partial charge is 0.461 e. The van der Waals surface area contributed by atoms with Crippen molar-refractivity contribution in [1.82, 2.24) is 0 Å². The van der Waals surface area contributed by atoms with Crippen molar-refractivity contribution in [3.63, 3.8) is 0 Å². The first-order valence-electron chi connectivity index (χ1n) is 5.76. The molecule has 1 aromatic carbocycles.